The fraction of sp³-hybridized carbons (Fsp3) is 0.435. The van der Waals surface area contributed by atoms with Crippen molar-refractivity contribution in [2.24, 2.45) is 5.92 Å². The van der Waals surface area contributed by atoms with Gasteiger partial charge < -0.3 is 14.2 Å². The van der Waals surface area contributed by atoms with E-state index in [0.29, 0.717) is 12.8 Å². The number of fused-ring (bicyclic) bond motifs is 1. The predicted octanol–water partition coefficient (Wildman–Crippen LogP) is 6.32. The van der Waals surface area contributed by atoms with E-state index in [1.807, 2.05) is 0 Å². The summed E-state index contributed by atoms with van der Waals surface area (Å²) in [5, 5.41) is -0.178. The summed E-state index contributed by atoms with van der Waals surface area (Å²) in [5.41, 5.74) is -0.368. The number of piperidine rings is 1. The fourth-order valence-corrected chi connectivity index (χ4v) is 4.65. The molecule has 37 heavy (non-hydrogen) atoms. The molecule has 0 aliphatic carbocycles. The maximum atomic E-state index is 14.0. The van der Waals surface area contributed by atoms with Gasteiger partial charge in [-0.2, -0.15) is 22.0 Å². The first-order valence-electron chi connectivity index (χ1n) is 10.9. The molecule has 0 amide bonds. The summed E-state index contributed by atoms with van der Waals surface area (Å²) >= 11 is 6.23. The molecule has 2 aliphatic rings. The average Bonchev–Trinajstić information content (AvgIpc) is 3.20. The molecular weight excluding hydrogens is 542 g/mol. The number of halogens is 9. The number of benzene rings is 2. The molecule has 1 atom stereocenters. The van der Waals surface area contributed by atoms with Crippen molar-refractivity contribution in [2.75, 3.05) is 19.6 Å². The molecular formula is C23H18ClF8NO4. The van der Waals surface area contributed by atoms with E-state index in [1.54, 1.807) is 6.92 Å². The molecule has 0 N–H and O–H groups in total. The van der Waals surface area contributed by atoms with E-state index in [4.69, 9.17) is 21.1 Å². The number of carbonyl (C=O) groups excluding carboxylic acids is 1. The molecule has 202 valence electrons. The van der Waals surface area contributed by atoms with E-state index in [1.165, 1.54) is 11.8 Å². The molecule has 1 saturated heterocycles. The highest BCUT2D eigenvalue weighted by molar-refractivity contribution is 6.32. The maximum absolute atomic E-state index is 14.0. The van der Waals surface area contributed by atoms with Gasteiger partial charge in [0.15, 0.2) is 11.5 Å². The Kier molecular flexibility index (Phi) is 6.99. The number of hydrogen-bond acceptors (Lipinski definition) is 5. The Morgan fingerprint density at radius 3 is 2.08 bits per heavy atom. The Morgan fingerprint density at radius 1 is 1.03 bits per heavy atom. The van der Waals surface area contributed by atoms with Crippen LogP contribution in [0.1, 0.15) is 35.7 Å². The Balaban J connectivity index is 1.56. The lowest BCUT2D eigenvalue weighted by molar-refractivity contribution is -0.159. The van der Waals surface area contributed by atoms with Crippen LogP contribution in [0.25, 0.3) is 0 Å². The third kappa shape index (κ3) is 5.02. The lowest BCUT2D eigenvalue weighted by Gasteiger charge is -2.38. The number of carbonyl (C=O) groups is 1. The summed E-state index contributed by atoms with van der Waals surface area (Å²) in [7, 11) is 0. The summed E-state index contributed by atoms with van der Waals surface area (Å²) < 4.78 is 123. The third-order valence-corrected chi connectivity index (χ3v) is 6.65. The Hall–Kier alpha value is -2.80. The highest BCUT2D eigenvalue weighted by Crippen LogP contribution is 2.51. The first-order chi connectivity index (χ1) is 17.1. The number of rotatable bonds is 4. The van der Waals surface area contributed by atoms with E-state index < -0.39 is 64.9 Å². The largest absolute Gasteiger partial charge is 0.448 e. The van der Waals surface area contributed by atoms with E-state index >= 15 is 0 Å². The van der Waals surface area contributed by atoms with E-state index in [0.717, 1.165) is 6.07 Å². The summed E-state index contributed by atoms with van der Waals surface area (Å²) in [6.45, 7) is 2.13. The lowest BCUT2D eigenvalue weighted by Crippen LogP contribution is -2.49. The van der Waals surface area contributed by atoms with Crippen molar-refractivity contribution in [3.8, 4) is 17.2 Å². The minimum absolute atomic E-state index is 0.0205. The lowest BCUT2D eigenvalue weighted by atomic mass is 9.89. The van der Waals surface area contributed by atoms with Crippen LogP contribution >= 0.6 is 11.6 Å². The van der Waals surface area contributed by atoms with Crippen LogP contribution in [-0.4, -0.2) is 42.5 Å². The number of likely N-dealkylation sites (tertiary alicyclic amines) is 1. The summed E-state index contributed by atoms with van der Waals surface area (Å²) in [6, 6.07) is 1.02. The van der Waals surface area contributed by atoms with Gasteiger partial charge in [-0.1, -0.05) is 11.6 Å². The summed E-state index contributed by atoms with van der Waals surface area (Å²) in [4.78, 5) is 13.9. The second-order valence-corrected chi connectivity index (χ2v) is 9.27. The van der Waals surface area contributed by atoms with Crippen LogP contribution in [0.4, 0.5) is 35.1 Å². The zero-order valence-corrected chi connectivity index (χ0v) is 19.9. The second-order valence-electron chi connectivity index (χ2n) is 8.86. The highest BCUT2D eigenvalue weighted by Gasteiger charge is 2.48. The van der Waals surface area contributed by atoms with Crippen LogP contribution in [0.3, 0.4) is 0 Å². The number of ether oxygens (including phenoxy) is 3. The first-order valence-corrected chi connectivity index (χ1v) is 11.2. The Labute approximate surface area is 209 Å². The molecule has 2 heterocycles. The molecule has 4 rings (SSSR count). The van der Waals surface area contributed by atoms with Crippen molar-refractivity contribution in [2.45, 2.75) is 38.7 Å². The summed E-state index contributed by atoms with van der Waals surface area (Å²) in [5.74, 6) is -16.7. The molecule has 2 aliphatic heterocycles. The molecule has 0 aromatic heterocycles. The van der Waals surface area contributed by atoms with Crippen LogP contribution in [0.15, 0.2) is 6.07 Å². The fourth-order valence-electron chi connectivity index (χ4n) is 4.42. The number of nitrogens with zero attached hydrogens (tertiary/aromatic N) is 1. The zero-order valence-electron chi connectivity index (χ0n) is 19.2. The molecule has 5 nitrogen and oxygen atoms in total. The monoisotopic (exact) mass is 559 g/mol. The van der Waals surface area contributed by atoms with Gasteiger partial charge in [-0.3, -0.25) is 4.90 Å². The standard InChI is InChI=1S/C23H18ClF8NO4/c1-9-11(21(34)35-20-16(28)14(26)13(25)15(27)17(20)29)7-12(24)19-18(9)36-22(2,37-19)10-3-5-33(6-4-10)8-23(30,31)32/h7,10H,3-6,8H2,1-2H3. The quantitative estimate of drug-likeness (QED) is 0.144. The van der Waals surface area contributed by atoms with Crippen LogP contribution in [0.2, 0.25) is 5.02 Å². The smallest absolute Gasteiger partial charge is 0.401 e. The van der Waals surface area contributed by atoms with Gasteiger partial charge >= 0.3 is 12.1 Å². The molecule has 2 aromatic carbocycles. The van der Waals surface area contributed by atoms with Gasteiger partial charge in [0.2, 0.25) is 34.8 Å². The van der Waals surface area contributed by atoms with Crippen LogP contribution in [0.5, 0.6) is 17.2 Å². The summed E-state index contributed by atoms with van der Waals surface area (Å²) in [6.07, 6.45) is -3.74. The van der Waals surface area contributed by atoms with Crippen molar-refractivity contribution < 1.29 is 54.1 Å². The zero-order chi connectivity index (χ0) is 27.4. The van der Waals surface area contributed by atoms with Crippen molar-refractivity contribution >= 4 is 17.6 Å². The Bertz CT molecular complexity index is 1230. The predicted molar refractivity (Wildman–Crippen MR) is 112 cm³/mol. The minimum Gasteiger partial charge on any atom is -0.448 e. The van der Waals surface area contributed by atoms with Gasteiger partial charge in [0.1, 0.15) is 0 Å². The van der Waals surface area contributed by atoms with Gasteiger partial charge in [0.25, 0.3) is 5.79 Å². The molecule has 2 aromatic rings. The van der Waals surface area contributed by atoms with Crippen molar-refractivity contribution in [3.63, 3.8) is 0 Å². The van der Waals surface area contributed by atoms with Gasteiger partial charge in [0.05, 0.1) is 17.1 Å². The maximum Gasteiger partial charge on any atom is 0.401 e. The van der Waals surface area contributed by atoms with Crippen molar-refractivity contribution in [1.82, 2.24) is 4.90 Å². The van der Waals surface area contributed by atoms with Gasteiger partial charge in [-0.25, -0.2) is 18.0 Å². The second kappa shape index (κ2) is 9.50. The molecule has 1 fully saturated rings. The van der Waals surface area contributed by atoms with Crippen LogP contribution < -0.4 is 14.2 Å². The van der Waals surface area contributed by atoms with Crippen molar-refractivity contribution in [3.05, 3.63) is 51.3 Å². The first kappa shape index (κ1) is 27.2. The molecule has 0 radical (unpaired) electrons. The van der Waals surface area contributed by atoms with E-state index in [9.17, 15) is 39.9 Å². The SMILES string of the molecule is Cc1c(C(=O)Oc2c(F)c(F)c(F)c(F)c2F)cc(Cl)c2c1OC(C)(C1CCN(CC(F)(F)F)CC1)O2. The number of hydrogen-bond donors (Lipinski definition) is 0. The molecule has 0 spiro atoms. The molecule has 0 saturated carbocycles. The van der Waals surface area contributed by atoms with Crippen LogP contribution in [0, 0.1) is 41.9 Å². The van der Waals surface area contributed by atoms with Gasteiger partial charge in [-0.15, -0.1) is 0 Å². The number of alkyl halides is 3. The van der Waals surface area contributed by atoms with E-state index in [2.05, 4.69) is 4.74 Å². The minimum atomic E-state index is -4.33. The van der Waals surface area contributed by atoms with Gasteiger partial charge in [-0.05, 0) is 38.9 Å². The van der Waals surface area contributed by atoms with Crippen molar-refractivity contribution in [1.29, 1.82) is 0 Å². The van der Waals surface area contributed by atoms with Crippen LogP contribution in [-0.2, 0) is 0 Å². The molecule has 14 heteroatoms. The van der Waals surface area contributed by atoms with E-state index in [-0.39, 0.29) is 41.1 Å². The Morgan fingerprint density at radius 2 is 1.54 bits per heavy atom. The normalized spacial score (nSPS) is 20.4. The highest BCUT2D eigenvalue weighted by atomic mass is 35.5. The van der Waals surface area contributed by atoms with Gasteiger partial charge in [0, 0.05) is 18.4 Å². The average molecular weight is 560 g/mol. The molecule has 1 unspecified atom stereocenters. The third-order valence-electron chi connectivity index (χ3n) is 6.36. The molecule has 0 bridgehead atoms. The number of esters is 1. The topological polar surface area (TPSA) is 48.0 Å².